The maximum absolute atomic E-state index is 14.6. The van der Waals surface area contributed by atoms with E-state index in [1.807, 2.05) is 6.08 Å². The van der Waals surface area contributed by atoms with Crippen LogP contribution in [0.15, 0.2) is 70.7 Å². The summed E-state index contributed by atoms with van der Waals surface area (Å²) in [5.74, 6) is -6.82. The highest BCUT2D eigenvalue weighted by Gasteiger charge is 2.67. The predicted octanol–water partition coefficient (Wildman–Crippen LogP) is 5.48. The number of imide groups is 2. The first-order valence-electron chi connectivity index (χ1n) is 16.3. The second-order valence-corrected chi connectivity index (χ2v) is 14.7. The van der Waals surface area contributed by atoms with Gasteiger partial charge in [0.1, 0.15) is 0 Å². The normalized spacial score (nSPS) is 26.5. The number of hydrogen-bond donors (Lipinski definition) is 1. The molecule has 268 valence electrons. The molecule has 2 heterocycles. The van der Waals surface area contributed by atoms with E-state index in [1.165, 1.54) is 26.1 Å². The molecule has 7 rings (SSSR count). The number of halogens is 1. The van der Waals surface area contributed by atoms with Crippen LogP contribution in [0.4, 0.5) is 28.4 Å². The summed E-state index contributed by atoms with van der Waals surface area (Å²) in [6.07, 6.45) is 1.93. The van der Waals surface area contributed by atoms with Gasteiger partial charge in [0.05, 0.1) is 56.0 Å². The Labute approximate surface area is 304 Å². The Balaban J connectivity index is 1.38. The van der Waals surface area contributed by atoms with E-state index in [4.69, 9.17) is 4.74 Å². The Bertz CT molecular complexity index is 2120. The number of carbonyl (C=O) groups excluding carboxylic acids is 4. The molecule has 2 aliphatic heterocycles. The molecule has 4 amide bonds. The van der Waals surface area contributed by atoms with Crippen molar-refractivity contribution in [2.45, 2.75) is 25.7 Å². The number of allylic oxidation sites excluding steroid dienone is 2. The number of nitro groups is 2. The topological polar surface area (TPSA) is 194 Å². The minimum absolute atomic E-state index is 0.0387. The number of methoxy groups -OCH3 is 1. The molecule has 0 aromatic heterocycles. The standard InChI is InChI=1S/C36H32BrN5O10/c1-36-23(33(45)40(35(36)47)18-8-6-5-7-9-18)16-22-20(29(36)17-12-24(37)31(43)27(13-17)52-4)10-11-21-28(22)34(46)39(32(21)44)19-14-25(41(48)49)30(38(2)3)26(15-19)42(50)51/h5-10,12-15,21-23,28-29,43H,11,16H2,1-4H3. The van der Waals surface area contributed by atoms with Crippen LogP contribution < -0.4 is 19.4 Å². The van der Waals surface area contributed by atoms with Crippen molar-refractivity contribution in [2.24, 2.45) is 29.1 Å². The number of ether oxygens (including phenoxy) is 1. The number of carbonyl (C=O) groups is 4. The first kappa shape index (κ1) is 34.8. The smallest absolute Gasteiger partial charge is 0.301 e. The van der Waals surface area contributed by atoms with Crippen LogP contribution in [0.25, 0.3) is 0 Å². The second-order valence-electron chi connectivity index (χ2n) is 13.8. The molecule has 3 aromatic rings. The van der Waals surface area contributed by atoms with E-state index in [9.17, 15) is 44.5 Å². The van der Waals surface area contributed by atoms with Gasteiger partial charge in [-0.25, -0.2) is 9.80 Å². The van der Waals surface area contributed by atoms with Gasteiger partial charge >= 0.3 is 11.4 Å². The summed E-state index contributed by atoms with van der Waals surface area (Å²) >= 11 is 3.38. The van der Waals surface area contributed by atoms with Crippen LogP contribution in [0.1, 0.15) is 31.2 Å². The van der Waals surface area contributed by atoms with Gasteiger partial charge < -0.3 is 14.7 Å². The van der Waals surface area contributed by atoms with Crippen LogP contribution in [0.2, 0.25) is 0 Å². The predicted molar refractivity (Wildman–Crippen MR) is 190 cm³/mol. The Morgan fingerprint density at radius 2 is 1.54 bits per heavy atom. The van der Waals surface area contributed by atoms with E-state index < -0.39 is 79.9 Å². The van der Waals surface area contributed by atoms with Gasteiger partial charge in [-0.3, -0.25) is 39.4 Å². The highest BCUT2D eigenvalue weighted by Crippen LogP contribution is 2.64. The van der Waals surface area contributed by atoms with Gasteiger partial charge in [-0.1, -0.05) is 29.8 Å². The molecule has 16 heteroatoms. The average Bonchev–Trinajstić information content (AvgIpc) is 3.48. The van der Waals surface area contributed by atoms with E-state index in [1.54, 1.807) is 49.4 Å². The fraction of sp³-hybridized carbons (Fsp3) is 0.333. The van der Waals surface area contributed by atoms with Crippen LogP contribution >= 0.6 is 15.9 Å². The van der Waals surface area contributed by atoms with Crippen LogP contribution in [-0.4, -0.2) is 59.8 Å². The molecule has 3 fully saturated rings. The Kier molecular flexibility index (Phi) is 8.20. The summed E-state index contributed by atoms with van der Waals surface area (Å²) in [6, 6.07) is 13.7. The van der Waals surface area contributed by atoms with Gasteiger partial charge in [-0.15, -0.1) is 0 Å². The SMILES string of the molecule is COc1cc(C2C3=CCC4C(=O)N(c5cc([N+](=O)[O-])c(N(C)C)c([N+](=O)[O-])c5)C(=O)C4C3CC3C(=O)N(c4ccccc4)C(=O)C32C)cc(Br)c1O. The molecule has 1 saturated carbocycles. The summed E-state index contributed by atoms with van der Waals surface area (Å²) in [5, 5.41) is 34.9. The molecule has 0 radical (unpaired) electrons. The number of rotatable bonds is 7. The number of fused-ring (bicyclic) bond motifs is 4. The maximum atomic E-state index is 14.6. The first-order chi connectivity index (χ1) is 24.6. The fourth-order valence-electron chi connectivity index (χ4n) is 8.84. The molecule has 4 aliphatic rings. The molecule has 6 unspecified atom stereocenters. The third-order valence-electron chi connectivity index (χ3n) is 11.0. The third-order valence-corrected chi connectivity index (χ3v) is 11.7. The molecule has 2 saturated heterocycles. The van der Waals surface area contributed by atoms with E-state index >= 15 is 0 Å². The van der Waals surface area contributed by atoms with Crippen LogP contribution in [0.5, 0.6) is 11.5 Å². The summed E-state index contributed by atoms with van der Waals surface area (Å²) in [5.41, 5.74) is -1.71. The van der Waals surface area contributed by atoms with E-state index in [-0.39, 0.29) is 40.2 Å². The largest absolute Gasteiger partial charge is 0.503 e. The van der Waals surface area contributed by atoms with Crippen molar-refractivity contribution in [3.8, 4) is 11.5 Å². The van der Waals surface area contributed by atoms with Gasteiger partial charge in [-0.05, 0) is 71.4 Å². The lowest BCUT2D eigenvalue weighted by molar-refractivity contribution is -0.392. The van der Waals surface area contributed by atoms with Crippen molar-refractivity contribution in [3.05, 3.63) is 96.5 Å². The van der Waals surface area contributed by atoms with Crippen LogP contribution in [0.3, 0.4) is 0 Å². The van der Waals surface area contributed by atoms with Crippen molar-refractivity contribution in [1.29, 1.82) is 0 Å². The lowest BCUT2D eigenvalue weighted by Crippen LogP contribution is -2.48. The molecule has 6 atom stereocenters. The number of phenols is 1. The summed E-state index contributed by atoms with van der Waals surface area (Å²) < 4.78 is 5.73. The zero-order valence-electron chi connectivity index (χ0n) is 28.3. The van der Waals surface area contributed by atoms with Crippen molar-refractivity contribution in [1.82, 2.24) is 0 Å². The van der Waals surface area contributed by atoms with Crippen LogP contribution in [0, 0.1) is 49.3 Å². The highest BCUT2D eigenvalue weighted by atomic mass is 79.9. The first-order valence-corrected chi connectivity index (χ1v) is 17.1. The van der Waals surface area contributed by atoms with Crippen molar-refractivity contribution >= 4 is 68.0 Å². The lowest BCUT2D eigenvalue weighted by atomic mass is 9.51. The molecule has 3 aromatic carbocycles. The quantitative estimate of drug-likeness (QED) is 0.138. The number of para-hydroxylation sites is 1. The number of anilines is 3. The zero-order chi connectivity index (χ0) is 37.5. The van der Waals surface area contributed by atoms with Crippen molar-refractivity contribution in [2.75, 3.05) is 35.9 Å². The molecule has 52 heavy (non-hydrogen) atoms. The van der Waals surface area contributed by atoms with Crippen LogP contribution in [-0.2, 0) is 19.2 Å². The highest BCUT2D eigenvalue weighted by molar-refractivity contribution is 9.10. The van der Waals surface area contributed by atoms with Crippen molar-refractivity contribution in [3.63, 3.8) is 0 Å². The Morgan fingerprint density at radius 3 is 2.12 bits per heavy atom. The summed E-state index contributed by atoms with van der Waals surface area (Å²) in [6.45, 7) is 1.72. The number of nitrogens with zero attached hydrogens (tertiary/aromatic N) is 5. The van der Waals surface area contributed by atoms with Crippen molar-refractivity contribution < 1.29 is 38.9 Å². The minimum Gasteiger partial charge on any atom is -0.503 e. The van der Waals surface area contributed by atoms with Gasteiger partial charge in [0, 0.05) is 32.1 Å². The van der Waals surface area contributed by atoms with Gasteiger partial charge in [-0.2, -0.15) is 0 Å². The molecular formula is C36H32BrN5O10. The molecular weight excluding hydrogens is 742 g/mol. The summed E-state index contributed by atoms with van der Waals surface area (Å²) in [7, 11) is 4.20. The molecule has 15 nitrogen and oxygen atoms in total. The minimum atomic E-state index is -1.36. The van der Waals surface area contributed by atoms with E-state index in [2.05, 4.69) is 15.9 Å². The maximum Gasteiger partial charge on any atom is 0.301 e. The summed E-state index contributed by atoms with van der Waals surface area (Å²) in [4.78, 5) is 83.4. The molecule has 1 N–H and O–H groups in total. The Hall–Kier alpha value is -5.64. The average molecular weight is 775 g/mol. The molecule has 0 bridgehead atoms. The number of hydrogen-bond acceptors (Lipinski definition) is 11. The zero-order valence-corrected chi connectivity index (χ0v) is 29.9. The third kappa shape index (κ3) is 4.83. The lowest BCUT2D eigenvalue weighted by Gasteiger charge is -2.49. The van der Waals surface area contributed by atoms with E-state index in [0.29, 0.717) is 16.8 Å². The number of aromatic hydroxyl groups is 1. The van der Waals surface area contributed by atoms with Gasteiger partial charge in [0.15, 0.2) is 17.2 Å². The number of benzene rings is 3. The fourth-order valence-corrected chi connectivity index (χ4v) is 9.30. The van der Waals surface area contributed by atoms with E-state index in [0.717, 1.165) is 21.9 Å². The second kappa shape index (κ2) is 12.3. The monoisotopic (exact) mass is 773 g/mol. The van der Waals surface area contributed by atoms with Gasteiger partial charge in [0.2, 0.25) is 23.6 Å². The number of phenolic OH excluding ortho intramolecular Hbond substituents is 1. The Morgan fingerprint density at radius 1 is 0.904 bits per heavy atom. The molecule has 2 aliphatic carbocycles. The number of nitro benzene ring substituents is 2. The molecule has 0 spiro atoms. The van der Waals surface area contributed by atoms with Gasteiger partial charge in [0.25, 0.3) is 0 Å². The number of amides is 4.